The normalized spacial score (nSPS) is 18.9. The Labute approximate surface area is 203 Å². The van der Waals surface area contributed by atoms with Gasteiger partial charge in [-0.1, -0.05) is 12.1 Å². The average Bonchev–Trinajstić information content (AvgIpc) is 3.59. The Hall–Kier alpha value is -3.84. The first kappa shape index (κ1) is 20.7. The summed E-state index contributed by atoms with van der Waals surface area (Å²) >= 11 is 5.88. The van der Waals surface area contributed by atoms with Gasteiger partial charge in [0.05, 0.1) is 11.7 Å². The second-order valence-electron chi connectivity index (χ2n) is 8.61. The number of aryl methyl sites for hydroxylation is 2. The predicted molar refractivity (Wildman–Crippen MR) is 136 cm³/mol. The molecule has 2 aliphatic heterocycles. The summed E-state index contributed by atoms with van der Waals surface area (Å²) in [5.41, 5.74) is 6.64. The topological polar surface area (TPSA) is 51.6 Å². The monoisotopic (exact) mass is 468 g/mol. The van der Waals surface area contributed by atoms with Crippen molar-refractivity contribution in [3.63, 3.8) is 0 Å². The van der Waals surface area contributed by atoms with Gasteiger partial charge in [-0.15, -0.1) is 0 Å². The Kier molecular flexibility index (Phi) is 4.99. The van der Waals surface area contributed by atoms with Crippen LogP contribution in [-0.2, 0) is 0 Å². The van der Waals surface area contributed by atoms with Crippen LogP contribution < -0.4 is 19.7 Å². The lowest BCUT2D eigenvalue weighted by Gasteiger charge is -2.29. The molecule has 170 valence electrons. The van der Waals surface area contributed by atoms with Crippen LogP contribution in [0.5, 0.6) is 11.5 Å². The van der Waals surface area contributed by atoms with Crippen LogP contribution in [-0.4, -0.2) is 21.5 Å². The second-order valence-corrected chi connectivity index (χ2v) is 8.99. The fraction of sp³-hybridized carbons (Fsp3) is 0.185. The van der Waals surface area contributed by atoms with E-state index in [1.54, 1.807) is 0 Å². The number of pyridine rings is 1. The number of rotatable bonds is 4. The third-order valence-corrected chi connectivity index (χ3v) is 6.90. The highest BCUT2D eigenvalue weighted by atomic mass is 32.1. The Morgan fingerprint density at radius 2 is 1.76 bits per heavy atom. The van der Waals surface area contributed by atoms with Crippen LogP contribution in [0, 0.1) is 13.8 Å². The summed E-state index contributed by atoms with van der Waals surface area (Å²) < 4.78 is 13.4. The number of thiocarbonyl (C=S) groups is 1. The third kappa shape index (κ3) is 3.40. The molecule has 6 rings (SSSR count). The van der Waals surface area contributed by atoms with Crippen molar-refractivity contribution in [2.75, 3.05) is 11.7 Å². The van der Waals surface area contributed by atoms with Crippen LogP contribution >= 0.6 is 12.2 Å². The lowest BCUT2D eigenvalue weighted by atomic mass is 10.0. The number of anilines is 1. The molecule has 2 atom stereocenters. The van der Waals surface area contributed by atoms with Gasteiger partial charge in [0.25, 0.3) is 0 Å². The number of hydrogen-bond acceptors (Lipinski definition) is 4. The average molecular weight is 469 g/mol. The molecule has 0 amide bonds. The number of benzene rings is 2. The first-order chi connectivity index (χ1) is 16.6. The van der Waals surface area contributed by atoms with Gasteiger partial charge in [0, 0.05) is 35.5 Å². The van der Waals surface area contributed by atoms with Crippen LogP contribution in [0.3, 0.4) is 0 Å². The molecule has 34 heavy (non-hydrogen) atoms. The molecule has 0 aliphatic carbocycles. The Bertz CT molecular complexity index is 1380. The van der Waals surface area contributed by atoms with Crippen LogP contribution in [0.2, 0.25) is 0 Å². The molecule has 2 aliphatic rings. The van der Waals surface area contributed by atoms with Gasteiger partial charge in [-0.2, -0.15) is 0 Å². The molecule has 1 N–H and O–H groups in total. The van der Waals surface area contributed by atoms with E-state index in [0.717, 1.165) is 34.3 Å². The highest BCUT2D eigenvalue weighted by Gasteiger charge is 2.42. The summed E-state index contributed by atoms with van der Waals surface area (Å²) in [7, 11) is 0. The van der Waals surface area contributed by atoms with E-state index in [9.17, 15) is 0 Å². The van der Waals surface area contributed by atoms with E-state index < -0.39 is 0 Å². The number of nitrogens with zero attached hydrogens (tertiary/aromatic N) is 3. The zero-order chi connectivity index (χ0) is 23.2. The molecule has 0 spiro atoms. The van der Waals surface area contributed by atoms with E-state index in [2.05, 4.69) is 70.1 Å². The van der Waals surface area contributed by atoms with E-state index in [4.69, 9.17) is 21.7 Å². The van der Waals surface area contributed by atoms with Gasteiger partial charge in [0.2, 0.25) is 6.79 Å². The zero-order valence-electron chi connectivity index (χ0n) is 18.9. The molecular weight excluding hydrogens is 444 g/mol. The molecule has 0 saturated carbocycles. The molecule has 0 unspecified atom stereocenters. The van der Waals surface area contributed by atoms with E-state index >= 15 is 0 Å². The second kappa shape index (κ2) is 8.18. The van der Waals surface area contributed by atoms with E-state index in [-0.39, 0.29) is 18.9 Å². The van der Waals surface area contributed by atoms with Gasteiger partial charge in [0.15, 0.2) is 16.6 Å². The number of aromatic nitrogens is 2. The fourth-order valence-electron chi connectivity index (χ4n) is 4.71. The molecule has 1 fully saturated rings. The van der Waals surface area contributed by atoms with Crippen LogP contribution in [0.25, 0.3) is 5.69 Å². The Morgan fingerprint density at radius 3 is 2.59 bits per heavy atom. The van der Waals surface area contributed by atoms with Crippen molar-refractivity contribution in [3.8, 4) is 17.2 Å². The van der Waals surface area contributed by atoms with Gasteiger partial charge < -0.3 is 24.3 Å². The van der Waals surface area contributed by atoms with Gasteiger partial charge >= 0.3 is 0 Å². The van der Waals surface area contributed by atoms with Crippen molar-refractivity contribution < 1.29 is 9.47 Å². The minimum Gasteiger partial charge on any atom is -0.454 e. The van der Waals surface area contributed by atoms with E-state index in [1.165, 1.54) is 11.1 Å². The minimum atomic E-state index is -0.126. The van der Waals surface area contributed by atoms with Crippen molar-refractivity contribution in [1.29, 1.82) is 0 Å². The molecule has 2 aromatic carbocycles. The first-order valence-electron chi connectivity index (χ1n) is 11.3. The van der Waals surface area contributed by atoms with Crippen molar-refractivity contribution >= 4 is 23.0 Å². The summed E-state index contributed by atoms with van der Waals surface area (Å²) in [6, 6.07) is 22.5. The zero-order valence-corrected chi connectivity index (χ0v) is 19.8. The number of fused-ring (bicyclic) bond motifs is 1. The van der Waals surface area contributed by atoms with Crippen LogP contribution in [0.15, 0.2) is 79.1 Å². The van der Waals surface area contributed by atoms with Crippen molar-refractivity contribution in [2.45, 2.75) is 25.9 Å². The molecule has 6 nitrogen and oxygen atoms in total. The maximum atomic E-state index is 5.88. The first-order valence-corrected chi connectivity index (χ1v) is 11.7. The maximum absolute atomic E-state index is 5.88. The summed E-state index contributed by atoms with van der Waals surface area (Å²) in [5.74, 6) is 1.48. The lowest BCUT2D eigenvalue weighted by molar-refractivity contribution is 0.174. The smallest absolute Gasteiger partial charge is 0.231 e. The molecular formula is C27H24N4O2S. The number of ether oxygens (including phenoxy) is 2. The Morgan fingerprint density at radius 1 is 0.912 bits per heavy atom. The van der Waals surface area contributed by atoms with Crippen LogP contribution in [0.1, 0.15) is 34.6 Å². The largest absolute Gasteiger partial charge is 0.454 e. The lowest BCUT2D eigenvalue weighted by Crippen LogP contribution is -2.30. The molecule has 0 radical (unpaired) electrons. The van der Waals surface area contributed by atoms with Crippen molar-refractivity contribution in [1.82, 2.24) is 14.9 Å². The third-order valence-electron chi connectivity index (χ3n) is 6.58. The minimum absolute atomic E-state index is 0.126. The van der Waals surface area contributed by atoms with Gasteiger partial charge in [-0.05, 0) is 85.7 Å². The summed E-state index contributed by atoms with van der Waals surface area (Å²) in [4.78, 5) is 6.82. The molecule has 4 aromatic rings. The Balaban J connectivity index is 1.50. The van der Waals surface area contributed by atoms with Gasteiger partial charge in [-0.25, -0.2) is 0 Å². The highest BCUT2D eigenvalue weighted by Crippen LogP contribution is 2.44. The molecule has 1 saturated heterocycles. The van der Waals surface area contributed by atoms with Gasteiger partial charge in [0.1, 0.15) is 6.04 Å². The van der Waals surface area contributed by atoms with Gasteiger partial charge in [-0.3, -0.25) is 4.98 Å². The van der Waals surface area contributed by atoms with Crippen molar-refractivity contribution in [3.05, 3.63) is 102 Å². The van der Waals surface area contributed by atoms with Crippen molar-refractivity contribution in [2.24, 2.45) is 0 Å². The summed E-state index contributed by atoms with van der Waals surface area (Å²) in [5, 5.41) is 4.18. The quantitative estimate of drug-likeness (QED) is 0.405. The highest BCUT2D eigenvalue weighted by molar-refractivity contribution is 7.80. The summed E-state index contributed by atoms with van der Waals surface area (Å²) in [6.45, 7) is 4.51. The molecule has 2 aromatic heterocycles. The number of hydrogen-bond donors (Lipinski definition) is 1. The summed E-state index contributed by atoms with van der Waals surface area (Å²) in [6.07, 6.45) is 3.93. The van der Waals surface area contributed by atoms with E-state index in [1.807, 2.05) is 42.6 Å². The van der Waals surface area contributed by atoms with Crippen LogP contribution in [0.4, 0.5) is 5.69 Å². The van der Waals surface area contributed by atoms with E-state index in [0.29, 0.717) is 5.11 Å². The molecule has 4 heterocycles. The molecule has 7 heteroatoms. The predicted octanol–water partition coefficient (Wildman–Crippen LogP) is 5.39. The SMILES string of the molecule is Cc1ccc(-n2cccc2[C@@H]2[C@@H](c3ccccn3)NC(=S)N2c2ccc3c(c2)OCO3)cc1C. The fourth-order valence-corrected chi connectivity index (χ4v) is 5.06. The number of nitrogens with one attached hydrogen (secondary N) is 1. The standard InChI is InChI=1S/C27H24N4O2S/c1-17-8-9-19(14-18(17)2)30-13-5-7-22(30)26-25(21-6-3-4-12-28-21)29-27(34)31(26)20-10-11-23-24(15-20)33-16-32-23/h3-15,25-26H,16H2,1-2H3,(H,29,34)/t25-,26-/m1/s1. The maximum Gasteiger partial charge on any atom is 0.231 e. The molecule has 0 bridgehead atoms.